The summed E-state index contributed by atoms with van der Waals surface area (Å²) in [5.74, 6) is 5.94. The van der Waals surface area contributed by atoms with Gasteiger partial charge < -0.3 is 5.43 Å². The summed E-state index contributed by atoms with van der Waals surface area (Å²) in [5, 5.41) is 8.26. The smallest absolute Gasteiger partial charge is 0.162 e. The highest BCUT2D eigenvalue weighted by molar-refractivity contribution is 5.80. The SMILES string of the molecule is C=C/C=C1/CCc2cc(NN)nnc2/C1=C/C. The number of nitrogens with one attached hydrogen (secondary N) is 1. The highest BCUT2D eigenvalue weighted by Crippen LogP contribution is 2.33. The van der Waals surface area contributed by atoms with Gasteiger partial charge in [0, 0.05) is 5.57 Å². The van der Waals surface area contributed by atoms with Crippen LogP contribution in [-0.4, -0.2) is 10.2 Å². The Hall–Kier alpha value is -1.94. The van der Waals surface area contributed by atoms with Crippen molar-refractivity contribution in [1.29, 1.82) is 0 Å². The molecule has 4 nitrogen and oxygen atoms in total. The maximum Gasteiger partial charge on any atom is 0.162 e. The van der Waals surface area contributed by atoms with Crippen LogP contribution in [0.2, 0.25) is 0 Å². The van der Waals surface area contributed by atoms with Gasteiger partial charge in [-0.3, -0.25) is 0 Å². The third-order valence-electron chi connectivity index (χ3n) is 2.89. The van der Waals surface area contributed by atoms with Crippen LogP contribution < -0.4 is 11.3 Å². The molecule has 0 saturated carbocycles. The molecule has 17 heavy (non-hydrogen) atoms. The highest BCUT2D eigenvalue weighted by Gasteiger charge is 2.19. The highest BCUT2D eigenvalue weighted by atomic mass is 15.3. The lowest BCUT2D eigenvalue weighted by atomic mass is 9.87. The molecule has 0 radical (unpaired) electrons. The molecule has 0 bridgehead atoms. The number of anilines is 1. The Labute approximate surface area is 101 Å². The predicted octanol–water partition coefficient (Wildman–Crippen LogP) is 2.22. The van der Waals surface area contributed by atoms with E-state index in [0.29, 0.717) is 5.82 Å². The summed E-state index contributed by atoms with van der Waals surface area (Å²) in [6.45, 7) is 5.75. The van der Waals surface area contributed by atoms with Crippen LogP contribution in [0.25, 0.3) is 5.57 Å². The van der Waals surface area contributed by atoms with Gasteiger partial charge in [-0.15, -0.1) is 10.2 Å². The molecule has 0 fully saturated rings. The molecule has 88 valence electrons. The minimum absolute atomic E-state index is 0.607. The molecule has 2 rings (SSSR count). The van der Waals surface area contributed by atoms with E-state index >= 15 is 0 Å². The van der Waals surface area contributed by atoms with Gasteiger partial charge in [0.25, 0.3) is 0 Å². The number of rotatable bonds is 2. The van der Waals surface area contributed by atoms with E-state index in [4.69, 9.17) is 5.84 Å². The minimum atomic E-state index is 0.607. The Bertz CT molecular complexity index is 500. The van der Waals surface area contributed by atoms with Crippen LogP contribution in [0.15, 0.2) is 36.4 Å². The van der Waals surface area contributed by atoms with Crippen LogP contribution in [0.5, 0.6) is 0 Å². The van der Waals surface area contributed by atoms with Gasteiger partial charge in [-0.05, 0) is 37.0 Å². The second-order valence-corrected chi connectivity index (χ2v) is 3.88. The first-order chi connectivity index (χ1) is 8.30. The zero-order valence-corrected chi connectivity index (χ0v) is 9.90. The number of hydrazine groups is 1. The van der Waals surface area contributed by atoms with Gasteiger partial charge in [0.2, 0.25) is 0 Å². The fourth-order valence-electron chi connectivity index (χ4n) is 2.11. The summed E-state index contributed by atoms with van der Waals surface area (Å²) in [6.07, 6.45) is 7.87. The van der Waals surface area contributed by atoms with Crippen LogP contribution in [0.3, 0.4) is 0 Å². The fourth-order valence-corrected chi connectivity index (χ4v) is 2.11. The van der Waals surface area contributed by atoms with E-state index in [0.717, 1.165) is 24.1 Å². The Kier molecular flexibility index (Phi) is 3.35. The standard InChI is InChI=1S/C13H16N4/c1-3-5-9-6-7-10-8-12(15-14)16-17-13(10)11(9)4-2/h3-5,8H,1,6-7,14H2,2H3,(H,15,16)/b9-5-,11-4+. The topological polar surface area (TPSA) is 63.8 Å². The van der Waals surface area contributed by atoms with Gasteiger partial charge in [0.05, 0.1) is 5.69 Å². The van der Waals surface area contributed by atoms with Gasteiger partial charge >= 0.3 is 0 Å². The van der Waals surface area contributed by atoms with Crippen molar-refractivity contribution >= 4 is 11.4 Å². The van der Waals surface area contributed by atoms with Crippen molar-refractivity contribution in [2.24, 2.45) is 5.84 Å². The first-order valence-corrected chi connectivity index (χ1v) is 5.62. The summed E-state index contributed by atoms with van der Waals surface area (Å²) in [5.41, 5.74) is 7.06. The second kappa shape index (κ2) is 4.93. The summed E-state index contributed by atoms with van der Waals surface area (Å²) < 4.78 is 0. The molecule has 1 aliphatic carbocycles. The Morgan fingerprint density at radius 3 is 2.88 bits per heavy atom. The number of aryl methyl sites for hydroxylation is 1. The van der Waals surface area contributed by atoms with E-state index in [1.165, 1.54) is 11.1 Å². The third kappa shape index (κ3) is 2.12. The minimum Gasteiger partial charge on any atom is -0.307 e. The van der Waals surface area contributed by atoms with Crippen molar-refractivity contribution in [3.8, 4) is 0 Å². The first-order valence-electron chi connectivity index (χ1n) is 5.62. The van der Waals surface area contributed by atoms with Gasteiger partial charge in [-0.2, -0.15) is 0 Å². The number of aromatic nitrogens is 2. The zero-order chi connectivity index (χ0) is 12.3. The van der Waals surface area contributed by atoms with Crippen LogP contribution >= 0.6 is 0 Å². The lowest BCUT2D eigenvalue weighted by molar-refractivity contribution is 0.878. The van der Waals surface area contributed by atoms with Crippen molar-refractivity contribution in [1.82, 2.24) is 10.2 Å². The van der Waals surface area contributed by atoms with Gasteiger partial charge in [0.15, 0.2) is 5.82 Å². The molecule has 1 aromatic heterocycles. The zero-order valence-electron chi connectivity index (χ0n) is 9.90. The van der Waals surface area contributed by atoms with Crippen LogP contribution in [0, 0.1) is 0 Å². The molecule has 1 heterocycles. The van der Waals surface area contributed by atoms with Crippen molar-refractivity contribution in [2.45, 2.75) is 19.8 Å². The summed E-state index contributed by atoms with van der Waals surface area (Å²) in [4.78, 5) is 0. The average Bonchev–Trinajstić information content (AvgIpc) is 2.38. The molecule has 0 atom stereocenters. The average molecular weight is 228 g/mol. The summed E-state index contributed by atoms with van der Waals surface area (Å²) >= 11 is 0. The summed E-state index contributed by atoms with van der Waals surface area (Å²) in [6, 6.07) is 1.95. The van der Waals surface area contributed by atoms with Crippen molar-refractivity contribution < 1.29 is 0 Å². The Morgan fingerprint density at radius 2 is 2.24 bits per heavy atom. The Morgan fingerprint density at radius 1 is 1.41 bits per heavy atom. The fraction of sp³-hybridized carbons (Fsp3) is 0.231. The van der Waals surface area contributed by atoms with E-state index in [9.17, 15) is 0 Å². The molecule has 1 aliphatic rings. The molecule has 3 N–H and O–H groups in total. The van der Waals surface area contributed by atoms with E-state index < -0.39 is 0 Å². The van der Waals surface area contributed by atoms with E-state index in [1.54, 1.807) is 0 Å². The number of fused-ring (bicyclic) bond motifs is 1. The van der Waals surface area contributed by atoms with Gasteiger partial charge in [-0.25, -0.2) is 5.84 Å². The number of allylic oxidation sites excluding steroid dienone is 5. The number of nitrogens with two attached hydrogens (primary N) is 1. The summed E-state index contributed by atoms with van der Waals surface area (Å²) in [7, 11) is 0. The van der Waals surface area contributed by atoms with Crippen LogP contribution in [-0.2, 0) is 6.42 Å². The van der Waals surface area contributed by atoms with E-state index in [2.05, 4.69) is 28.3 Å². The van der Waals surface area contributed by atoms with Gasteiger partial charge in [-0.1, -0.05) is 24.8 Å². The maximum absolute atomic E-state index is 5.33. The number of hydrogen-bond donors (Lipinski definition) is 2. The molecular weight excluding hydrogens is 212 g/mol. The van der Waals surface area contributed by atoms with Crippen molar-refractivity contribution in [3.63, 3.8) is 0 Å². The molecular formula is C13H16N4. The van der Waals surface area contributed by atoms with E-state index in [-0.39, 0.29) is 0 Å². The Balaban J connectivity index is 2.50. The first kappa shape index (κ1) is 11.5. The quantitative estimate of drug-likeness (QED) is 0.602. The lowest BCUT2D eigenvalue weighted by Crippen LogP contribution is -2.14. The normalized spacial score (nSPS) is 19.2. The molecule has 1 aromatic rings. The molecule has 4 heteroatoms. The van der Waals surface area contributed by atoms with Gasteiger partial charge in [0.1, 0.15) is 0 Å². The maximum atomic E-state index is 5.33. The molecule has 0 unspecified atom stereocenters. The van der Waals surface area contributed by atoms with Crippen molar-refractivity contribution in [2.75, 3.05) is 5.43 Å². The number of nitrogens with zero attached hydrogens (tertiary/aromatic N) is 2. The van der Waals surface area contributed by atoms with Crippen LogP contribution in [0.4, 0.5) is 5.82 Å². The molecule has 0 aliphatic heterocycles. The molecule has 0 aromatic carbocycles. The second-order valence-electron chi connectivity index (χ2n) is 3.88. The third-order valence-corrected chi connectivity index (χ3v) is 2.89. The number of nitrogen functional groups attached to an aromatic ring is 1. The van der Waals surface area contributed by atoms with E-state index in [1.807, 2.05) is 25.1 Å². The van der Waals surface area contributed by atoms with Crippen molar-refractivity contribution in [3.05, 3.63) is 47.7 Å². The largest absolute Gasteiger partial charge is 0.307 e. The molecule has 0 amide bonds. The van der Waals surface area contributed by atoms with Crippen LogP contribution in [0.1, 0.15) is 24.6 Å². The monoisotopic (exact) mass is 228 g/mol. The lowest BCUT2D eigenvalue weighted by Gasteiger charge is -2.20. The molecule has 0 saturated heterocycles. The number of hydrogen-bond acceptors (Lipinski definition) is 4. The predicted molar refractivity (Wildman–Crippen MR) is 70.1 cm³/mol. The molecule has 0 spiro atoms.